The van der Waals surface area contributed by atoms with Gasteiger partial charge in [0.25, 0.3) is 0 Å². The fraction of sp³-hybridized carbons (Fsp3) is 0.417. The van der Waals surface area contributed by atoms with E-state index >= 15 is 0 Å². The first-order valence-electron chi connectivity index (χ1n) is 5.47. The summed E-state index contributed by atoms with van der Waals surface area (Å²) in [4.78, 5) is 24.1. The molecule has 1 atom stereocenters. The van der Waals surface area contributed by atoms with E-state index in [0.29, 0.717) is 6.42 Å². The number of carboxylic acid groups (broad SMARTS) is 2. The van der Waals surface area contributed by atoms with Crippen molar-refractivity contribution in [2.75, 3.05) is 0 Å². The largest absolute Gasteiger partial charge is 0.480 e. The molecule has 0 aromatic carbocycles. The average Bonchev–Trinajstić information content (AvgIpc) is 2.30. The Bertz CT molecular complexity index is 390. The van der Waals surface area contributed by atoms with Gasteiger partial charge in [0.2, 0.25) is 0 Å². The van der Waals surface area contributed by atoms with Gasteiger partial charge in [-0.3, -0.25) is 9.78 Å². The molecule has 6 heteroatoms. The second kappa shape index (κ2) is 7.39. The van der Waals surface area contributed by atoms with Crippen LogP contribution in [0.4, 0.5) is 0 Å². The van der Waals surface area contributed by atoms with Gasteiger partial charge in [0.15, 0.2) is 0 Å². The maximum absolute atomic E-state index is 10.3. The molecule has 6 nitrogen and oxygen atoms in total. The van der Waals surface area contributed by atoms with Crippen LogP contribution in [0.15, 0.2) is 24.5 Å². The lowest BCUT2D eigenvalue weighted by Gasteiger charge is -2.16. The minimum atomic E-state index is -1.03. The van der Waals surface area contributed by atoms with E-state index in [4.69, 9.17) is 15.9 Å². The third-order valence-corrected chi connectivity index (χ3v) is 2.17. The van der Waals surface area contributed by atoms with E-state index in [-0.39, 0.29) is 5.56 Å². The monoisotopic (exact) mass is 254 g/mol. The predicted molar refractivity (Wildman–Crippen MR) is 66.3 cm³/mol. The number of aliphatic carboxylic acids is 1. The van der Waals surface area contributed by atoms with Gasteiger partial charge < -0.3 is 15.9 Å². The van der Waals surface area contributed by atoms with Crippen LogP contribution in [-0.2, 0) is 4.79 Å². The SMILES string of the molecule is CCCC(C)(N)C(=O)O.O=C(O)c1cccnc1. The standard InChI is InChI=1S/C6H5NO2.C6H13NO2/c8-6(9)5-2-1-3-7-4-5;1-3-4-6(2,7)5(8)9/h1-4H,(H,8,9);3-4,7H2,1-2H3,(H,8,9). The van der Waals surface area contributed by atoms with Crippen molar-refractivity contribution in [3.05, 3.63) is 30.1 Å². The van der Waals surface area contributed by atoms with Crippen molar-refractivity contribution in [1.82, 2.24) is 4.98 Å². The highest BCUT2D eigenvalue weighted by molar-refractivity contribution is 5.86. The number of carboxylic acids is 2. The van der Waals surface area contributed by atoms with Crippen LogP contribution in [0.2, 0.25) is 0 Å². The molecule has 1 unspecified atom stereocenters. The average molecular weight is 254 g/mol. The first kappa shape index (κ1) is 16.1. The molecular formula is C12H18N2O4. The highest BCUT2D eigenvalue weighted by atomic mass is 16.4. The molecule has 0 saturated carbocycles. The minimum Gasteiger partial charge on any atom is -0.480 e. The summed E-state index contributed by atoms with van der Waals surface area (Å²) >= 11 is 0. The first-order chi connectivity index (χ1) is 8.31. The van der Waals surface area contributed by atoms with E-state index in [0.717, 1.165) is 6.42 Å². The topological polar surface area (TPSA) is 114 Å². The van der Waals surface area contributed by atoms with Crippen LogP contribution in [0.1, 0.15) is 37.0 Å². The molecule has 18 heavy (non-hydrogen) atoms. The molecule has 1 aromatic heterocycles. The maximum atomic E-state index is 10.3. The van der Waals surface area contributed by atoms with Gasteiger partial charge in [0, 0.05) is 12.4 Å². The van der Waals surface area contributed by atoms with E-state index < -0.39 is 17.5 Å². The summed E-state index contributed by atoms with van der Waals surface area (Å²) in [5, 5.41) is 16.8. The van der Waals surface area contributed by atoms with Crippen LogP contribution in [0, 0.1) is 0 Å². The van der Waals surface area contributed by atoms with Gasteiger partial charge in [-0.1, -0.05) is 13.3 Å². The van der Waals surface area contributed by atoms with Crippen molar-refractivity contribution in [3.8, 4) is 0 Å². The lowest BCUT2D eigenvalue weighted by Crippen LogP contribution is -2.44. The molecule has 0 spiro atoms. The van der Waals surface area contributed by atoms with Gasteiger partial charge in [-0.15, -0.1) is 0 Å². The Hall–Kier alpha value is -1.95. The summed E-state index contributed by atoms with van der Waals surface area (Å²) in [6.07, 6.45) is 4.18. The first-order valence-corrected chi connectivity index (χ1v) is 5.47. The van der Waals surface area contributed by atoms with Gasteiger partial charge in [-0.2, -0.15) is 0 Å². The van der Waals surface area contributed by atoms with Crippen LogP contribution < -0.4 is 5.73 Å². The molecule has 0 aliphatic carbocycles. The van der Waals surface area contributed by atoms with Gasteiger partial charge in [-0.25, -0.2) is 4.79 Å². The van der Waals surface area contributed by atoms with E-state index in [9.17, 15) is 9.59 Å². The molecule has 100 valence electrons. The van der Waals surface area contributed by atoms with Crippen molar-refractivity contribution in [3.63, 3.8) is 0 Å². The van der Waals surface area contributed by atoms with Crippen LogP contribution in [0.3, 0.4) is 0 Å². The molecule has 0 aliphatic heterocycles. The Morgan fingerprint density at radius 3 is 2.28 bits per heavy atom. The van der Waals surface area contributed by atoms with E-state index in [1.807, 2.05) is 6.92 Å². The number of aromatic carboxylic acids is 1. The Kier molecular flexibility index (Phi) is 6.59. The van der Waals surface area contributed by atoms with E-state index in [2.05, 4.69) is 4.98 Å². The van der Waals surface area contributed by atoms with Crippen molar-refractivity contribution in [1.29, 1.82) is 0 Å². The van der Waals surface area contributed by atoms with Crippen molar-refractivity contribution in [2.24, 2.45) is 5.73 Å². The third kappa shape index (κ3) is 5.95. The zero-order valence-corrected chi connectivity index (χ0v) is 10.5. The number of aromatic nitrogens is 1. The number of nitrogens with zero attached hydrogens (tertiary/aromatic N) is 1. The number of hydrogen-bond donors (Lipinski definition) is 3. The summed E-state index contributed by atoms with van der Waals surface area (Å²) in [6, 6.07) is 3.08. The number of carbonyl (C=O) groups is 2. The molecule has 1 aromatic rings. The minimum absolute atomic E-state index is 0.220. The Balaban J connectivity index is 0.000000321. The second-order valence-corrected chi connectivity index (χ2v) is 4.02. The molecule has 1 heterocycles. The smallest absolute Gasteiger partial charge is 0.337 e. The highest BCUT2D eigenvalue weighted by Crippen LogP contribution is 2.07. The Morgan fingerprint density at radius 1 is 1.44 bits per heavy atom. The molecular weight excluding hydrogens is 236 g/mol. The Morgan fingerprint density at radius 2 is 2.06 bits per heavy atom. The lowest BCUT2D eigenvalue weighted by molar-refractivity contribution is -0.142. The second-order valence-electron chi connectivity index (χ2n) is 4.02. The Labute approximate surface area is 105 Å². The zero-order chi connectivity index (χ0) is 14.2. The van der Waals surface area contributed by atoms with Crippen molar-refractivity contribution >= 4 is 11.9 Å². The number of hydrogen-bond acceptors (Lipinski definition) is 4. The van der Waals surface area contributed by atoms with Crippen LogP contribution >= 0.6 is 0 Å². The summed E-state index contributed by atoms with van der Waals surface area (Å²) < 4.78 is 0. The van der Waals surface area contributed by atoms with Crippen LogP contribution in [0.25, 0.3) is 0 Å². The summed E-state index contributed by atoms with van der Waals surface area (Å²) in [7, 11) is 0. The normalized spacial score (nSPS) is 12.8. The highest BCUT2D eigenvalue weighted by Gasteiger charge is 2.25. The number of rotatable bonds is 4. The molecule has 4 N–H and O–H groups in total. The van der Waals surface area contributed by atoms with Crippen molar-refractivity contribution in [2.45, 2.75) is 32.2 Å². The molecule has 0 aliphatic rings. The molecule has 0 fully saturated rings. The molecule has 0 radical (unpaired) electrons. The van der Waals surface area contributed by atoms with E-state index in [1.54, 1.807) is 6.07 Å². The summed E-state index contributed by atoms with van der Waals surface area (Å²) in [5.41, 5.74) is 4.56. The molecule has 0 saturated heterocycles. The van der Waals surface area contributed by atoms with Gasteiger partial charge >= 0.3 is 11.9 Å². The third-order valence-electron chi connectivity index (χ3n) is 2.17. The molecule has 1 rings (SSSR count). The van der Waals surface area contributed by atoms with Gasteiger partial charge in [0.1, 0.15) is 5.54 Å². The fourth-order valence-corrected chi connectivity index (χ4v) is 1.12. The van der Waals surface area contributed by atoms with Crippen LogP contribution in [0.5, 0.6) is 0 Å². The fourth-order valence-electron chi connectivity index (χ4n) is 1.12. The van der Waals surface area contributed by atoms with Crippen molar-refractivity contribution < 1.29 is 19.8 Å². The number of pyridine rings is 1. The van der Waals surface area contributed by atoms with E-state index in [1.165, 1.54) is 25.4 Å². The predicted octanol–water partition coefficient (Wildman–Crippen LogP) is 1.37. The number of nitrogens with two attached hydrogens (primary N) is 1. The van der Waals surface area contributed by atoms with Gasteiger partial charge in [0.05, 0.1) is 5.56 Å². The van der Waals surface area contributed by atoms with Gasteiger partial charge in [-0.05, 0) is 25.5 Å². The lowest BCUT2D eigenvalue weighted by atomic mass is 9.98. The van der Waals surface area contributed by atoms with Crippen LogP contribution in [-0.4, -0.2) is 32.7 Å². The zero-order valence-electron chi connectivity index (χ0n) is 10.5. The quantitative estimate of drug-likeness (QED) is 0.747. The summed E-state index contributed by atoms with van der Waals surface area (Å²) in [6.45, 7) is 3.44. The summed E-state index contributed by atoms with van der Waals surface area (Å²) in [5.74, 6) is -1.87. The maximum Gasteiger partial charge on any atom is 0.337 e. The molecule has 0 amide bonds. The molecule has 0 bridgehead atoms.